The van der Waals surface area contributed by atoms with E-state index in [4.69, 9.17) is 4.74 Å². The number of ether oxygens (including phenoxy) is 1. The van der Waals surface area contributed by atoms with Crippen LogP contribution in [0, 0.1) is 0 Å². The third kappa shape index (κ3) is 3.26. The minimum absolute atomic E-state index is 0.0352. The van der Waals surface area contributed by atoms with Crippen molar-refractivity contribution in [1.82, 2.24) is 20.1 Å². The van der Waals surface area contributed by atoms with Crippen LogP contribution in [0.5, 0.6) is 0 Å². The van der Waals surface area contributed by atoms with Gasteiger partial charge in [0.1, 0.15) is 6.33 Å². The lowest BCUT2D eigenvalue weighted by molar-refractivity contribution is -0.0781. The Kier molecular flexibility index (Phi) is 3.79. The lowest BCUT2D eigenvalue weighted by Gasteiger charge is -2.38. The van der Waals surface area contributed by atoms with Crippen molar-refractivity contribution >= 4 is 0 Å². The van der Waals surface area contributed by atoms with Gasteiger partial charge in [-0.25, -0.2) is 4.98 Å². The predicted molar refractivity (Wildman–Crippen MR) is 65.5 cm³/mol. The highest BCUT2D eigenvalue weighted by Crippen LogP contribution is 2.27. The molecule has 5 heteroatoms. The molecule has 1 fully saturated rings. The van der Waals surface area contributed by atoms with Gasteiger partial charge >= 0.3 is 0 Å². The molecular weight excluding hydrogens is 216 g/mol. The number of aromatic nitrogens is 3. The molecule has 1 aromatic heterocycles. The first-order chi connectivity index (χ1) is 8.11. The van der Waals surface area contributed by atoms with Gasteiger partial charge in [0.05, 0.1) is 12.1 Å². The van der Waals surface area contributed by atoms with Gasteiger partial charge in [-0.3, -0.25) is 4.68 Å². The second-order valence-electron chi connectivity index (χ2n) is 5.06. The summed E-state index contributed by atoms with van der Waals surface area (Å²) in [6.07, 6.45) is 4.93. The van der Waals surface area contributed by atoms with Gasteiger partial charge in [0, 0.05) is 19.7 Å². The van der Waals surface area contributed by atoms with Gasteiger partial charge in [-0.05, 0) is 26.2 Å². The zero-order chi connectivity index (χ0) is 12.3. The van der Waals surface area contributed by atoms with E-state index in [0.29, 0.717) is 6.04 Å². The summed E-state index contributed by atoms with van der Waals surface area (Å²) in [5, 5.41) is 7.79. The van der Waals surface area contributed by atoms with E-state index in [9.17, 15) is 0 Å². The average molecular weight is 238 g/mol. The SMILES string of the molecule is CCC1(C)CC(NCc2ncn(C)n2)CCO1. The summed E-state index contributed by atoms with van der Waals surface area (Å²) in [6.45, 7) is 5.96. The summed E-state index contributed by atoms with van der Waals surface area (Å²) in [5.41, 5.74) is 0.0352. The van der Waals surface area contributed by atoms with Crippen molar-refractivity contribution in [2.45, 2.75) is 51.3 Å². The molecule has 0 amide bonds. The van der Waals surface area contributed by atoms with Gasteiger partial charge in [0.25, 0.3) is 0 Å². The molecule has 1 saturated heterocycles. The van der Waals surface area contributed by atoms with Crippen LogP contribution in [0.15, 0.2) is 6.33 Å². The summed E-state index contributed by atoms with van der Waals surface area (Å²) in [7, 11) is 1.89. The maximum absolute atomic E-state index is 5.83. The molecular formula is C12H22N4O. The number of nitrogens with zero attached hydrogens (tertiary/aromatic N) is 3. The molecule has 96 valence electrons. The first-order valence-corrected chi connectivity index (χ1v) is 6.33. The highest BCUT2D eigenvalue weighted by atomic mass is 16.5. The Morgan fingerprint density at radius 2 is 2.47 bits per heavy atom. The topological polar surface area (TPSA) is 52.0 Å². The van der Waals surface area contributed by atoms with E-state index in [0.717, 1.165) is 38.2 Å². The van der Waals surface area contributed by atoms with Crippen LogP contribution in [0.3, 0.4) is 0 Å². The summed E-state index contributed by atoms with van der Waals surface area (Å²) in [6, 6.07) is 0.512. The first kappa shape index (κ1) is 12.5. The largest absolute Gasteiger partial charge is 0.375 e. The molecule has 0 spiro atoms. The van der Waals surface area contributed by atoms with Crippen molar-refractivity contribution < 1.29 is 4.74 Å². The molecule has 5 nitrogen and oxygen atoms in total. The van der Waals surface area contributed by atoms with Crippen molar-refractivity contribution in [1.29, 1.82) is 0 Å². The fraction of sp³-hybridized carbons (Fsp3) is 0.833. The van der Waals surface area contributed by atoms with Crippen LogP contribution in [-0.2, 0) is 18.3 Å². The summed E-state index contributed by atoms with van der Waals surface area (Å²) in [5.74, 6) is 0.859. The van der Waals surface area contributed by atoms with E-state index in [1.54, 1.807) is 11.0 Å². The molecule has 17 heavy (non-hydrogen) atoms. The third-order valence-electron chi connectivity index (χ3n) is 3.54. The fourth-order valence-corrected chi connectivity index (χ4v) is 2.25. The molecule has 0 aromatic carbocycles. The van der Waals surface area contributed by atoms with Crippen LogP contribution in [0.25, 0.3) is 0 Å². The van der Waals surface area contributed by atoms with Crippen LogP contribution in [0.4, 0.5) is 0 Å². The number of hydrogen-bond acceptors (Lipinski definition) is 4. The molecule has 0 aliphatic carbocycles. The summed E-state index contributed by atoms with van der Waals surface area (Å²) in [4.78, 5) is 4.21. The molecule has 0 radical (unpaired) electrons. The zero-order valence-electron chi connectivity index (χ0n) is 10.9. The standard InChI is InChI=1S/C12H22N4O/c1-4-12(2)7-10(5-6-17-12)13-8-11-14-9-16(3)15-11/h9-10,13H,4-8H2,1-3H3. The van der Waals surface area contributed by atoms with E-state index in [1.165, 1.54) is 0 Å². The minimum atomic E-state index is 0.0352. The van der Waals surface area contributed by atoms with Crippen molar-refractivity contribution in [3.63, 3.8) is 0 Å². The molecule has 1 aliphatic heterocycles. The van der Waals surface area contributed by atoms with Crippen LogP contribution in [0.1, 0.15) is 38.9 Å². The van der Waals surface area contributed by atoms with Crippen molar-refractivity contribution in [2.75, 3.05) is 6.61 Å². The number of hydrogen-bond donors (Lipinski definition) is 1. The quantitative estimate of drug-likeness (QED) is 0.858. The minimum Gasteiger partial charge on any atom is -0.375 e. The number of nitrogens with one attached hydrogen (secondary N) is 1. The van der Waals surface area contributed by atoms with Gasteiger partial charge in [-0.1, -0.05) is 6.92 Å². The lowest BCUT2D eigenvalue weighted by atomic mass is 9.90. The Hall–Kier alpha value is -0.940. The Balaban J connectivity index is 1.83. The lowest BCUT2D eigenvalue weighted by Crippen LogP contribution is -2.44. The average Bonchev–Trinajstić information content (AvgIpc) is 2.73. The molecule has 2 atom stereocenters. The Bertz CT molecular complexity index is 365. The second-order valence-corrected chi connectivity index (χ2v) is 5.06. The van der Waals surface area contributed by atoms with Crippen LogP contribution >= 0.6 is 0 Å². The molecule has 2 rings (SSSR count). The van der Waals surface area contributed by atoms with Crippen LogP contribution in [-0.4, -0.2) is 33.0 Å². The smallest absolute Gasteiger partial charge is 0.164 e. The van der Waals surface area contributed by atoms with E-state index < -0.39 is 0 Å². The third-order valence-corrected chi connectivity index (χ3v) is 3.54. The van der Waals surface area contributed by atoms with E-state index >= 15 is 0 Å². The second kappa shape index (κ2) is 5.14. The molecule has 2 unspecified atom stereocenters. The maximum Gasteiger partial charge on any atom is 0.164 e. The Morgan fingerprint density at radius 1 is 1.65 bits per heavy atom. The van der Waals surface area contributed by atoms with Crippen molar-refractivity contribution in [3.8, 4) is 0 Å². The maximum atomic E-state index is 5.83. The molecule has 2 heterocycles. The Morgan fingerprint density at radius 3 is 3.12 bits per heavy atom. The van der Waals surface area contributed by atoms with Gasteiger partial charge in [-0.2, -0.15) is 5.10 Å². The Labute approximate surface area is 103 Å². The van der Waals surface area contributed by atoms with Crippen LogP contribution < -0.4 is 5.32 Å². The van der Waals surface area contributed by atoms with Gasteiger partial charge in [-0.15, -0.1) is 0 Å². The molecule has 1 aromatic rings. The molecule has 0 bridgehead atoms. The van der Waals surface area contributed by atoms with Crippen LogP contribution in [0.2, 0.25) is 0 Å². The summed E-state index contributed by atoms with van der Waals surface area (Å²) < 4.78 is 7.56. The van der Waals surface area contributed by atoms with E-state index in [2.05, 4.69) is 29.2 Å². The van der Waals surface area contributed by atoms with Gasteiger partial charge < -0.3 is 10.1 Å². The molecule has 1 aliphatic rings. The fourth-order valence-electron chi connectivity index (χ4n) is 2.25. The molecule has 1 N–H and O–H groups in total. The molecule has 0 saturated carbocycles. The predicted octanol–water partition coefficient (Wildman–Crippen LogP) is 1.25. The normalized spacial score (nSPS) is 29.5. The van der Waals surface area contributed by atoms with Crippen molar-refractivity contribution in [2.24, 2.45) is 7.05 Å². The van der Waals surface area contributed by atoms with E-state index in [1.807, 2.05) is 7.05 Å². The number of aryl methyl sites for hydroxylation is 1. The van der Waals surface area contributed by atoms with Gasteiger partial charge in [0.2, 0.25) is 0 Å². The zero-order valence-corrected chi connectivity index (χ0v) is 10.9. The van der Waals surface area contributed by atoms with Crippen molar-refractivity contribution in [3.05, 3.63) is 12.2 Å². The van der Waals surface area contributed by atoms with Gasteiger partial charge in [0.15, 0.2) is 5.82 Å². The monoisotopic (exact) mass is 238 g/mol. The number of rotatable bonds is 4. The summed E-state index contributed by atoms with van der Waals surface area (Å²) >= 11 is 0. The highest BCUT2D eigenvalue weighted by Gasteiger charge is 2.31. The van der Waals surface area contributed by atoms with E-state index in [-0.39, 0.29) is 5.60 Å². The highest BCUT2D eigenvalue weighted by molar-refractivity contribution is 4.88. The first-order valence-electron chi connectivity index (χ1n) is 6.33.